The van der Waals surface area contributed by atoms with Crippen molar-refractivity contribution in [1.82, 2.24) is 4.98 Å². The molecule has 0 amide bonds. The number of nitrogens with zero attached hydrogens (tertiary/aromatic N) is 2. The second-order valence-corrected chi connectivity index (χ2v) is 4.32. The van der Waals surface area contributed by atoms with E-state index in [2.05, 4.69) is 34.1 Å². The molecule has 3 nitrogen and oxygen atoms in total. The van der Waals surface area contributed by atoms with E-state index in [1.54, 1.807) is 6.20 Å². The van der Waals surface area contributed by atoms with E-state index < -0.39 is 0 Å². The van der Waals surface area contributed by atoms with Crippen molar-refractivity contribution in [2.24, 2.45) is 5.73 Å². The largest absolute Gasteiger partial charge is 0.340 e. The van der Waals surface area contributed by atoms with Gasteiger partial charge in [-0.15, -0.1) is 0 Å². The van der Waals surface area contributed by atoms with Crippen LogP contribution in [0.25, 0.3) is 0 Å². The Morgan fingerprint density at radius 3 is 2.88 bits per heavy atom. The normalized spacial score (nSPS) is 18.9. The molecular weight excluding hydrogens is 210 g/mol. The Morgan fingerprint density at radius 1 is 1.18 bits per heavy atom. The lowest BCUT2D eigenvalue weighted by atomic mass is 9.97. The predicted octanol–water partition coefficient (Wildman–Crippen LogP) is 2.62. The molecule has 0 saturated heterocycles. The molecule has 0 bridgehead atoms. The van der Waals surface area contributed by atoms with Crippen molar-refractivity contribution in [3.05, 3.63) is 54.4 Å². The first-order chi connectivity index (χ1) is 8.36. The van der Waals surface area contributed by atoms with Crippen molar-refractivity contribution >= 4 is 11.4 Å². The molecule has 1 aliphatic heterocycles. The molecular formula is C14H15N3. The third-order valence-corrected chi connectivity index (χ3v) is 3.25. The zero-order valence-electron chi connectivity index (χ0n) is 9.58. The quantitative estimate of drug-likeness (QED) is 0.811. The minimum absolute atomic E-state index is 0.152. The number of pyridine rings is 1. The molecule has 17 heavy (non-hydrogen) atoms. The standard InChI is InChI=1S/C14H15N3/c15-13-7-9-17(11-4-3-8-16-10-11)14-6-2-1-5-12(13)14/h1-6,8,10,13H,7,9,15H2. The second-order valence-electron chi connectivity index (χ2n) is 4.32. The van der Waals surface area contributed by atoms with Crippen LogP contribution in [0.3, 0.4) is 0 Å². The molecule has 2 N–H and O–H groups in total. The lowest BCUT2D eigenvalue weighted by molar-refractivity contribution is 0.625. The van der Waals surface area contributed by atoms with Crippen LogP contribution in [-0.4, -0.2) is 11.5 Å². The van der Waals surface area contributed by atoms with Crippen LogP contribution in [0, 0.1) is 0 Å². The summed E-state index contributed by atoms with van der Waals surface area (Å²) in [7, 11) is 0. The molecule has 1 unspecified atom stereocenters. The van der Waals surface area contributed by atoms with E-state index in [-0.39, 0.29) is 6.04 Å². The molecule has 0 saturated carbocycles. The fourth-order valence-corrected chi connectivity index (χ4v) is 2.37. The van der Waals surface area contributed by atoms with Gasteiger partial charge in [0, 0.05) is 24.5 Å². The van der Waals surface area contributed by atoms with E-state index in [0.717, 1.165) is 18.7 Å². The van der Waals surface area contributed by atoms with E-state index in [1.807, 2.05) is 18.3 Å². The van der Waals surface area contributed by atoms with E-state index >= 15 is 0 Å². The molecule has 0 aliphatic carbocycles. The highest BCUT2D eigenvalue weighted by Gasteiger charge is 2.22. The van der Waals surface area contributed by atoms with Gasteiger partial charge in [-0.1, -0.05) is 18.2 Å². The molecule has 3 heteroatoms. The minimum atomic E-state index is 0.152. The van der Waals surface area contributed by atoms with Gasteiger partial charge in [-0.2, -0.15) is 0 Å². The number of anilines is 2. The summed E-state index contributed by atoms with van der Waals surface area (Å²) in [5.74, 6) is 0. The number of aromatic nitrogens is 1. The maximum absolute atomic E-state index is 6.14. The summed E-state index contributed by atoms with van der Waals surface area (Å²) in [6, 6.07) is 12.5. The SMILES string of the molecule is NC1CCN(c2cccnc2)c2ccccc21. The van der Waals surface area contributed by atoms with Gasteiger partial charge in [0.05, 0.1) is 11.9 Å². The fraction of sp³-hybridized carbons (Fsp3) is 0.214. The highest BCUT2D eigenvalue weighted by Crippen LogP contribution is 2.36. The first-order valence-electron chi connectivity index (χ1n) is 5.88. The van der Waals surface area contributed by atoms with Crippen LogP contribution in [0.15, 0.2) is 48.8 Å². The van der Waals surface area contributed by atoms with Gasteiger partial charge in [0.1, 0.15) is 0 Å². The molecule has 3 rings (SSSR count). The summed E-state index contributed by atoms with van der Waals surface area (Å²) in [4.78, 5) is 6.46. The Balaban J connectivity index is 2.07. The smallest absolute Gasteiger partial charge is 0.0597 e. The monoisotopic (exact) mass is 225 g/mol. The summed E-state index contributed by atoms with van der Waals surface area (Å²) < 4.78 is 0. The van der Waals surface area contributed by atoms with Crippen molar-refractivity contribution < 1.29 is 0 Å². The number of para-hydroxylation sites is 1. The van der Waals surface area contributed by atoms with Gasteiger partial charge >= 0.3 is 0 Å². The van der Waals surface area contributed by atoms with Gasteiger partial charge in [0.2, 0.25) is 0 Å². The van der Waals surface area contributed by atoms with Gasteiger partial charge in [-0.05, 0) is 30.2 Å². The number of fused-ring (bicyclic) bond motifs is 1. The topological polar surface area (TPSA) is 42.1 Å². The van der Waals surface area contributed by atoms with Crippen LogP contribution in [0.2, 0.25) is 0 Å². The van der Waals surface area contributed by atoms with Gasteiger partial charge in [-0.3, -0.25) is 4.98 Å². The minimum Gasteiger partial charge on any atom is -0.340 e. The average molecular weight is 225 g/mol. The molecule has 86 valence electrons. The molecule has 0 spiro atoms. The van der Waals surface area contributed by atoms with Crippen LogP contribution in [0.5, 0.6) is 0 Å². The van der Waals surface area contributed by atoms with Crippen LogP contribution in [0.1, 0.15) is 18.0 Å². The number of benzene rings is 1. The van der Waals surface area contributed by atoms with Gasteiger partial charge in [0.15, 0.2) is 0 Å². The summed E-state index contributed by atoms with van der Waals surface area (Å²) >= 11 is 0. The maximum atomic E-state index is 6.14. The van der Waals surface area contributed by atoms with Gasteiger partial charge < -0.3 is 10.6 Å². The second kappa shape index (κ2) is 4.18. The van der Waals surface area contributed by atoms with Crippen molar-refractivity contribution in [1.29, 1.82) is 0 Å². The fourth-order valence-electron chi connectivity index (χ4n) is 2.37. The highest BCUT2D eigenvalue weighted by molar-refractivity contribution is 5.67. The lowest BCUT2D eigenvalue weighted by Gasteiger charge is -2.34. The molecule has 0 radical (unpaired) electrons. The highest BCUT2D eigenvalue weighted by atomic mass is 15.2. The summed E-state index contributed by atoms with van der Waals surface area (Å²) in [5.41, 5.74) is 9.71. The predicted molar refractivity (Wildman–Crippen MR) is 69.2 cm³/mol. The first-order valence-corrected chi connectivity index (χ1v) is 5.88. The number of rotatable bonds is 1. The van der Waals surface area contributed by atoms with Crippen molar-refractivity contribution in [3.63, 3.8) is 0 Å². The van der Waals surface area contributed by atoms with E-state index in [4.69, 9.17) is 5.73 Å². The molecule has 1 aromatic heterocycles. The number of hydrogen-bond acceptors (Lipinski definition) is 3. The Labute approximate surface area is 101 Å². The molecule has 2 heterocycles. The van der Waals surface area contributed by atoms with Crippen LogP contribution < -0.4 is 10.6 Å². The van der Waals surface area contributed by atoms with E-state index in [0.29, 0.717) is 0 Å². The number of nitrogens with two attached hydrogens (primary N) is 1. The van der Waals surface area contributed by atoms with Crippen molar-refractivity contribution in [2.45, 2.75) is 12.5 Å². The van der Waals surface area contributed by atoms with Crippen LogP contribution in [-0.2, 0) is 0 Å². The lowest BCUT2D eigenvalue weighted by Crippen LogP contribution is -2.30. The van der Waals surface area contributed by atoms with Crippen molar-refractivity contribution in [2.75, 3.05) is 11.4 Å². The molecule has 1 aliphatic rings. The maximum Gasteiger partial charge on any atom is 0.0597 e. The Hall–Kier alpha value is -1.87. The van der Waals surface area contributed by atoms with Gasteiger partial charge in [-0.25, -0.2) is 0 Å². The average Bonchev–Trinajstić information content (AvgIpc) is 2.41. The summed E-state index contributed by atoms with van der Waals surface area (Å²) in [5, 5.41) is 0. The summed E-state index contributed by atoms with van der Waals surface area (Å²) in [6.07, 6.45) is 4.67. The molecule has 2 aromatic rings. The Morgan fingerprint density at radius 2 is 2.06 bits per heavy atom. The zero-order chi connectivity index (χ0) is 11.7. The van der Waals surface area contributed by atoms with Gasteiger partial charge in [0.25, 0.3) is 0 Å². The first kappa shape index (κ1) is 10.3. The third kappa shape index (κ3) is 1.78. The number of hydrogen-bond donors (Lipinski definition) is 1. The Kier molecular flexibility index (Phi) is 2.53. The Bertz CT molecular complexity index is 510. The van der Waals surface area contributed by atoms with E-state index in [1.165, 1.54) is 11.3 Å². The molecule has 1 aromatic carbocycles. The van der Waals surface area contributed by atoms with E-state index in [9.17, 15) is 0 Å². The molecule has 0 fully saturated rings. The molecule has 1 atom stereocenters. The van der Waals surface area contributed by atoms with Crippen LogP contribution >= 0.6 is 0 Å². The zero-order valence-corrected chi connectivity index (χ0v) is 9.58. The third-order valence-electron chi connectivity index (χ3n) is 3.25. The summed E-state index contributed by atoms with van der Waals surface area (Å²) in [6.45, 7) is 0.948. The van der Waals surface area contributed by atoms with Crippen molar-refractivity contribution in [3.8, 4) is 0 Å². The van der Waals surface area contributed by atoms with Crippen LogP contribution in [0.4, 0.5) is 11.4 Å².